The number of benzene rings is 1. The maximum Gasteiger partial charge on any atom is 0.262 e. The van der Waals surface area contributed by atoms with Gasteiger partial charge in [-0.1, -0.05) is 13.8 Å². The first-order valence-electron chi connectivity index (χ1n) is 8.74. The standard InChI is InChI=1S/C18H24N2O5S/c1-17(2)9-18(11-24-3)10-20(7-15(17)18)26(22,23)12-4-5-14-13(6-12)19-16(21)8-25-14/h4-6,15H,7-11H2,1-3H3,(H,19,21)/t15-,18-/m1/s1. The molecular weight excluding hydrogens is 356 g/mol. The highest BCUT2D eigenvalue weighted by molar-refractivity contribution is 7.89. The Labute approximate surface area is 153 Å². The number of carbonyl (C=O) groups excluding carboxylic acids is 1. The molecule has 26 heavy (non-hydrogen) atoms. The van der Waals surface area contributed by atoms with Gasteiger partial charge in [0, 0.05) is 25.6 Å². The number of nitrogens with one attached hydrogen (secondary N) is 1. The van der Waals surface area contributed by atoms with Gasteiger partial charge in [0.25, 0.3) is 5.91 Å². The molecule has 0 spiro atoms. The Hall–Kier alpha value is -1.64. The first kappa shape index (κ1) is 17.8. The SMILES string of the molecule is COC[C@@]12CN(S(=O)(=O)c3ccc4c(c3)NC(=O)CO4)C[C@@H]1C(C)(C)C2. The molecule has 7 nitrogen and oxygen atoms in total. The zero-order valence-corrected chi connectivity index (χ0v) is 16.1. The zero-order chi connectivity index (χ0) is 18.7. The predicted octanol–water partition coefficient (Wildman–Crippen LogP) is 1.70. The van der Waals surface area contributed by atoms with Crippen LogP contribution in [-0.2, 0) is 19.6 Å². The molecule has 2 fully saturated rings. The van der Waals surface area contributed by atoms with Crippen LogP contribution in [0.3, 0.4) is 0 Å². The lowest BCUT2D eigenvalue weighted by atomic mass is 9.48. The van der Waals surface area contributed by atoms with Crippen LogP contribution in [0, 0.1) is 16.7 Å². The van der Waals surface area contributed by atoms with E-state index in [1.807, 2.05) is 0 Å². The number of anilines is 1. The van der Waals surface area contributed by atoms with E-state index in [2.05, 4.69) is 19.2 Å². The van der Waals surface area contributed by atoms with Crippen LogP contribution in [0.25, 0.3) is 0 Å². The summed E-state index contributed by atoms with van der Waals surface area (Å²) in [5, 5.41) is 2.67. The van der Waals surface area contributed by atoms with Crippen LogP contribution >= 0.6 is 0 Å². The van der Waals surface area contributed by atoms with Crippen molar-refractivity contribution in [3.63, 3.8) is 0 Å². The summed E-state index contributed by atoms with van der Waals surface area (Å²) in [5.74, 6) is 0.486. The molecule has 1 aromatic carbocycles. The van der Waals surface area contributed by atoms with E-state index in [-0.39, 0.29) is 34.2 Å². The van der Waals surface area contributed by atoms with Gasteiger partial charge in [-0.15, -0.1) is 0 Å². The van der Waals surface area contributed by atoms with Gasteiger partial charge in [-0.25, -0.2) is 8.42 Å². The van der Waals surface area contributed by atoms with Gasteiger partial charge in [-0.3, -0.25) is 4.79 Å². The third kappa shape index (κ3) is 2.54. The average molecular weight is 380 g/mol. The Morgan fingerprint density at radius 1 is 1.38 bits per heavy atom. The van der Waals surface area contributed by atoms with E-state index >= 15 is 0 Å². The highest BCUT2D eigenvalue weighted by Gasteiger charge is 2.64. The molecule has 4 rings (SSSR count). The molecule has 2 aliphatic heterocycles. The lowest BCUT2D eigenvalue weighted by molar-refractivity contribution is -0.118. The fourth-order valence-electron chi connectivity index (χ4n) is 5.12. The van der Waals surface area contributed by atoms with Gasteiger partial charge in [-0.05, 0) is 36.0 Å². The van der Waals surface area contributed by atoms with Crippen LogP contribution in [0.15, 0.2) is 23.1 Å². The molecule has 0 radical (unpaired) electrons. The molecule has 2 heterocycles. The first-order chi connectivity index (χ1) is 12.2. The Morgan fingerprint density at radius 3 is 2.85 bits per heavy atom. The number of methoxy groups -OCH3 is 1. The summed E-state index contributed by atoms with van der Waals surface area (Å²) >= 11 is 0. The maximum absolute atomic E-state index is 13.2. The van der Waals surface area contributed by atoms with Crippen LogP contribution in [0.2, 0.25) is 0 Å². The molecule has 1 N–H and O–H groups in total. The third-order valence-electron chi connectivity index (χ3n) is 6.02. The van der Waals surface area contributed by atoms with Crippen molar-refractivity contribution in [2.45, 2.75) is 25.2 Å². The van der Waals surface area contributed by atoms with Crippen molar-refractivity contribution >= 4 is 21.6 Å². The summed E-state index contributed by atoms with van der Waals surface area (Å²) in [6.45, 7) is 5.86. The molecule has 142 valence electrons. The van der Waals surface area contributed by atoms with Gasteiger partial charge < -0.3 is 14.8 Å². The average Bonchev–Trinajstić information content (AvgIpc) is 2.90. The minimum absolute atomic E-state index is 0.0540. The molecule has 2 atom stereocenters. The van der Waals surface area contributed by atoms with Crippen molar-refractivity contribution in [2.75, 3.05) is 38.7 Å². The number of sulfonamides is 1. The number of rotatable bonds is 4. The normalized spacial score (nSPS) is 30.0. The fourth-order valence-corrected chi connectivity index (χ4v) is 6.69. The number of nitrogens with zero attached hydrogens (tertiary/aromatic N) is 1. The Balaban J connectivity index is 1.64. The topological polar surface area (TPSA) is 84.9 Å². The summed E-state index contributed by atoms with van der Waals surface area (Å²) in [4.78, 5) is 11.7. The van der Waals surface area contributed by atoms with Crippen LogP contribution < -0.4 is 10.1 Å². The van der Waals surface area contributed by atoms with Gasteiger partial charge >= 0.3 is 0 Å². The molecule has 3 aliphatic rings. The zero-order valence-electron chi connectivity index (χ0n) is 15.2. The summed E-state index contributed by atoms with van der Waals surface area (Å²) in [5.41, 5.74) is 0.411. The van der Waals surface area contributed by atoms with Gasteiger partial charge in [-0.2, -0.15) is 4.31 Å². The Bertz CT molecular complexity index is 866. The van der Waals surface area contributed by atoms with E-state index in [0.717, 1.165) is 6.42 Å². The smallest absolute Gasteiger partial charge is 0.262 e. The van der Waals surface area contributed by atoms with Gasteiger partial charge in [0.05, 0.1) is 17.2 Å². The lowest BCUT2D eigenvalue weighted by Crippen LogP contribution is -2.55. The van der Waals surface area contributed by atoms with Crippen molar-refractivity contribution in [1.29, 1.82) is 0 Å². The van der Waals surface area contributed by atoms with Gasteiger partial charge in [0.2, 0.25) is 10.0 Å². The minimum Gasteiger partial charge on any atom is -0.482 e. The Morgan fingerprint density at radius 2 is 2.15 bits per heavy atom. The molecule has 1 aromatic rings. The van der Waals surface area contributed by atoms with Crippen molar-refractivity contribution in [3.8, 4) is 5.75 Å². The maximum atomic E-state index is 13.2. The summed E-state index contributed by atoms with van der Waals surface area (Å²) in [6, 6.07) is 4.62. The highest BCUT2D eigenvalue weighted by Crippen LogP contribution is 2.63. The molecule has 1 aliphatic carbocycles. The molecular formula is C18H24N2O5S. The number of hydrogen-bond acceptors (Lipinski definition) is 5. The number of carbonyl (C=O) groups is 1. The number of ether oxygens (including phenoxy) is 2. The van der Waals surface area contributed by atoms with Crippen molar-refractivity contribution in [2.24, 2.45) is 16.7 Å². The lowest BCUT2D eigenvalue weighted by Gasteiger charge is -2.56. The van der Waals surface area contributed by atoms with Crippen LogP contribution in [0.4, 0.5) is 5.69 Å². The number of amides is 1. The third-order valence-corrected chi connectivity index (χ3v) is 7.83. The van der Waals surface area contributed by atoms with Gasteiger partial charge in [0.1, 0.15) is 5.75 Å². The number of hydrogen-bond donors (Lipinski definition) is 1. The molecule has 0 unspecified atom stereocenters. The first-order valence-corrected chi connectivity index (χ1v) is 10.2. The van der Waals surface area contributed by atoms with E-state index in [9.17, 15) is 13.2 Å². The molecule has 0 aromatic heterocycles. The quantitative estimate of drug-likeness (QED) is 0.859. The van der Waals surface area contributed by atoms with E-state index in [1.54, 1.807) is 23.5 Å². The van der Waals surface area contributed by atoms with E-state index < -0.39 is 10.0 Å². The second kappa shape index (κ2) is 5.68. The largest absolute Gasteiger partial charge is 0.482 e. The van der Waals surface area contributed by atoms with Crippen LogP contribution in [-0.4, -0.2) is 52.0 Å². The predicted molar refractivity (Wildman–Crippen MR) is 95.5 cm³/mol. The van der Waals surface area contributed by atoms with E-state index in [1.165, 1.54) is 6.07 Å². The van der Waals surface area contributed by atoms with E-state index in [0.29, 0.717) is 31.1 Å². The van der Waals surface area contributed by atoms with E-state index in [4.69, 9.17) is 9.47 Å². The molecule has 8 heteroatoms. The summed E-state index contributed by atoms with van der Waals surface area (Å²) in [7, 11) is -1.98. The molecule has 0 bridgehead atoms. The number of fused-ring (bicyclic) bond motifs is 2. The second-order valence-electron chi connectivity index (χ2n) is 8.31. The van der Waals surface area contributed by atoms with Gasteiger partial charge in [0.15, 0.2) is 6.61 Å². The van der Waals surface area contributed by atoms with Crippen molar-refractivity contribution in [3.05, 3.63) is 18.2 Å². The molecule has 1 amide bonds. The monoisotopic (exact) mass is 380 g/mol. The Kier molecular flexibility index (Phi) is 3.88. The fraction of sp³-hybridized carbons (Fsp3) is 0.611. The second-order valence-corrected chi connectivity index (χ2v) is 10.2. The highest BCUT2D eigenvalue weighted by atomic mass is 32.2. The summed E-state index contributed by atoms with van der Waals surface area (Å²) in [6.07, 6.45) is 0.957. The minimum atomic E-state index is -3.65. The van der Waals surface area contributed by atoms with Crippen molar-refractivity contribution < 1.29 is 22.7 Å². The summed E-state index contributed by atoms with van der Waals surface area (Å²) < 4.78 is 38.7. The van der Waals surface area contributed by atoms with Crippen LogP contribution in [0.1, 0.15) is 20.3 Å². The molecule has 1 saturated carbocycles. The van der Waals surface area contributed by atoms with Crippen LogP contribution in [0.5, 0.6) is 5.75 Å². The molecule has 1 saturated heterocycles. The van der Waals surface area contributed by atoms with Crippen molar-refractivity contribution in [1.82, 2.24) is 4.31 Å².